The lowest BCUT2D eigenvalue weighted by atomic mass is 10.0. The average Bonchev–Trinajstić information content (AvgIpc) is 2.54. The van der Waals surface area contributed by atoms with Crippen LogP contribution in [0.25, 0.3) is 10.4 Å². The third kappa shape index (κ3) is 15.7. The lowest BCUT2D eigenvalue weighted by Crippen LogP contribution is -2.08. The quantitative estimate of drug-likeness (QED) is 0.141. The maximum Gasteiger partial charge on any atom is 0.0605 e. The largest absolute Gasteiger partial charge is 0.396 e. The molecule has 0 saturated heterocycles. The molecule has 0 heterocycles. The Morgan fingerprint density at radius 2 is 1.18 bits per heavy atom. The number of aliphatic hydroxyl groups is 1. The van der Waals surface area contributed by atoms with E-state index in [9.17, 15) is 0 Å². The highest BCUT2D eigenvalue weighted by molar-refractivity contribution is 4.65. The molecule has 0 saturated carbocycles. The van der Waals surface area contributed by atoms with Gasteiger partial charge >= 0.3 is 0 Å². The summed E-state index contributed by atoms with van der Waals surface area (Å²) in [4.78, 5) is 2.76. The molecule has 4 heteroatoms. The highest BCUT2D eigenvalue weighted by Crippen LogP contribution is 2.14. The molecule has 130 valence electrons. The van der Waals surface area contributed by atoms with Gasteiger partial charge in [-0.3, -0.25) is 0 Å². The minimum atomic E-state index is -0.220. The van der Waals surface area contributed by atoms with Gasteiger partial charge in [0.1, 0.15) is 0 Å². The number of hydrogen-bond acceptors (Lipinski definition) is 2. The van der Waals surface area contributed by atoms with Crippen LogP contribution in [0, 0.1) is 0 Å². The molecule has 0 rings (SSSR count). The van der Waals surface area contributed by atoms with Crippen LogP contribution in [-0.4, -0.2) is 17.8 Å². The number of nitrogens with zero attached hydrogens (tertiary/aromatic N) is 3. The minimum absolute atomic E-state index is 0.0253. The molecule has 0 bridgehead atoms. The van der Waals surface area contributed by atoms with Crippen LogP contribution in [0.4, 0.5) is 0 Å². The van der Waals surface area contributed by atoms with Crippen molar-refractivity contribution in [3.63, 3.8) is 0 Å². The lowest BCUT2D eigenvalue weighted by Gasteiger charge is -2.06. The molecule has 1 N–H and O–H groups in total. The van der Waals surface area contributed by atoms with Crippen LogP contribution in [0.5, 0.6) is 0 Å². The van der Waals surface area contributed by atoms with Crippen LogP contribution in [0.15, 0.2) is 5.11 Å². The summed E-state index contributed by atoms with van der Waals surface area (Å²) in [6, 6.07) is -0.220. The number of unbranched alkanes of at least 4 members (excludes halogenated alkanes) is 13. The van der Waals surface area contributed by atoms with Crippen molar-refractivity contribution in [2.45, 2.75) is 109 Å². The maximum atomic E-state index is 9.00. The summed E-state index contributed by atoms with van der Waals surface area (Å²) in [6.45, 7) is 2.24. The highest BCUT2D eigenvalue weighted by atomic mass is 16.3. The summed E-state index contributed by atoms with van der Waals surface area (Å²) in [5.41, 5.74) is 8.33. The fourth-order valence-electron chi connectivity index (χ4n) is 2.83. The molecule has 0 spiro atoms. The molecular formula is C18H37N3O. The predicted molar refractivity (Wildman–Crippen MR) is 94.9 cm³/mol. The fraction of sp³-hybridized carbons (Fsp3) is 1.00. The van der Waals surface area contributed by atoms with E-state index < -0.39 is 0 Å². The van der Waals surface area contributed by atoms with Crippen LogP contribution in [-0.2, 0) is 0 Å². The first kappa shape index (κ1) is 21.3. The topological polar surface area (TPSA) is 69.0 Å². The van der Waals surface area contributed by atoms with Crippen molar-refractivity contribution in [1.82, 2.24) is 0 Å². The second-order valence-corrected chi connectivity index (χ2v) is 6.43. The van der Waals surface area contributed by atoms with Gasteiger partial charge in [0.15, 0.2) is 0 Å². The van der Waals surface area contributed by atoms with Crippen molar-refractivity contribution in [2.75, 3.05) is 6.61 Å². The summed E-state index contributed by atoms with van der Waals surface area (Å²) >= 11 is 0. The summed E-state index contributed by atoms with van der Waals surface area (Å²) in [5.74, 6) is 0. The van der Waals surface area contributed by atoms with Gasteiger partial charge in [-0.2, -0.15) is 0 Å². The third-order valence-electron chi connectivity index (χ3n) is 4.32. The van der Waals surface area contributed by atoms with Gasteiger partial charge in [0.2, 0.25) is 0 Å². The molecule has 0 aliphatic carbocycles. The van der Waals surface area contributed by atoms with Crippen molar-refractivity contribution < 1.29 is 5.11 Å². The fourth-order valence-corrected chi connectivity index (χ4v) is 2.83. The SMILES string of the molecule is CCCCCCCCCCCCCCCCC(CO)N=[N+]=[N-]. The van der Waals surface area contributed by atoms with E-state index in [4.69, 9.17) is 10.6 Å². The van der Waals surface area contributed by atoms with E-state index in [1.54, 1.807) is 0 Å². The van der Waals surface area contributed by atoms with E-state index in [0.717, 1.165) is 12.8 Å². The first-order valence-electron chi connectivity index (χ1n) is 9.50. The Bertz CT molecular complexity index is 265. The van der Waals surface area contributed by atoms with Gasteiger partial charge in [-0.1, -0.05) is 102 Å². The molecule has 0 amide bonds. The summed E-state index contributed by atoms with van der Waals surface area (Å²) in [7, 11) is 0. The van der Waals surface area contributed by atoms with Gasteiger partial charge in [0.05, 0.1) is 12.6 Å². The molecule has 0 radical (unpaired) electrons. The normalized spacial score (nSPS) is 12.1. The monoisotopic (exact) mass is 311 g/mol. The summed E-state index contributed by atoms with van der Waals surface area (Å²) in [6.07, 6.45) is 19.7. The van der Waals surface area contributed by atoms with Crippen LogP contribution in [0.2, 0.25) is 0 Å². The second kappa shape index (κ2) is 18.3. The molecule has 0 aliphatic rings. The Balaban J connectivity index is 3.12. The Kier molecular flexibility index (Phi) is 17.7. The predicted octanol–water partition coefficient (Wildman–Crippen LogP) is 6.53. The van der Waals surface area contributed by atoms with Gasteiger partial charge in [-0.25, -0.2) is 0 Å². The Morgan fingerprint density at radius 1 is 0.773 bits per heavy atom. The van der Waals surface area contributed by atoms with Crippen LogP contribution in [0.3, 0.4) is 0 Å². The Hall–Kier alpha value is -0.730. The molecule has 22 heavy (non-hydrogen) atoms. The molecule has 4 nitrogen and oxygen atoms in total. The number of rotatable bonds is 17. The number of azide groups is 1. The van der Waals surface area contributed by atoms with Crippen molar-refractivity contribution >= 4 is 0 Å². The highest BCUT2D eigenvalue weighted by Gasteiger charge is 2.03. The summed E-state index contributed by atoms with van der Waals surface area (Å²) in [5, 5.41) is 12.6. The molecule has 1 unspecified atom stereocenters. The zero-order chi connectivity index (χ0) is 16.3. The molecule has 1 atom stereocenters. The van der Waals surface area contributed by atoms with E-state index in [1.165, 1.54) is 83.5 Å². The number of aliphatic hydroxyl groups excluding tert-OH is 1. The minimum Gasteiger partial charge on any atom is -0.396 e. The summed E-state index contributed by atoms with van der Waals surface area (Å²) < 4.78 is 0. The second-order valence-electron chi connectivity index (χ2n) is 6.43. The van der Waals surface area contributed by atoms with Gasteiger partial charge < -0.3 is 5.11 Å². The smallest absolute Gasteiger partial charge is 0.0605 e. The molecular weight excluding hydrogens is 274 g/mol. The van der Waals surface area contributed by atoms with Gasteiger partial charge in [0.25, 0.3) is 0 Å². The third-order valence-corrected chi connectivity index (χ3v) is 4.32. The van der Waals surface area contributed by atoms with E-state index in [2.05, 4.69) is 16.9 Å². The van der Waals surface area contributed by atoms with Crippen LogP contribution in [0.1, 0.15) is 103 Å². The molecule has 0 aromatic carbocycles. The van der Waals surface area contributed by atoms with E-state index >= 15 is 0 Å². The van der Waals surface area contributed by atoms with E-state index in [0.29, 0.717) is 0 Å². The van der Waals surface area contributed by atoms with Crippen molar-refractivity contribution in [3.8, 4) is 0 Å². The van der Waals surface area contributed by atoms with Gasteiger partial charge in [-0.05, 0) is 12.0 Å². The van der Waals surface area contributed by atoms with Gasteiger partial charge in [-0.15, -0.1) is 0 Å². The average molecular weight is 312 g/mol. The molecule has 0 aromatic heterocycles. The Labute approximate surface area is 137 Å². The zero-order valence-corrected chi connectivity index (χ0v) is 14.7. The molecule has 0 fully saturated rings. The van der Waals surface area contributed by atoms with Crippen molar-refractivity contribution in [2.24, 2.45) is 5.11 Å². The van der Waals surface area contributed by atoms with Crippen LogP contribution >= 0.6 is 0 Å². The first-order chi connectivity index (χ1) is 10.8. The molecule has 0 aromatic rings. The van der Waals surface area contributed by atoms with Gasteiger partial charge in [0, 0.05) is 4.91 Å². The van der Waals surface area contributed by atoms with Crippen LogP contribution < -0.4 is 0 Å². The standard InChI is InChI=1S/C18H37N3O/c1-2-3-4-5-6-7-8-9-10-11-12-13-14-15-16-18(17-22)20-21-19/h18,22H,2-17H2,1H3. The first-order valence-corrected chi connectivity index (χ1v) is 9.50. The van der Waals surface area contributed by atoms with Crippen molar-refractivity contribution in [1.29, 1.82) is 0 Å². The lowest BCUT2D eigenvalue weighted by molar-refractivity contribution is 0.257. The maximum absolute atomic E-state index is 9.00. The van der Waals surface area contributed by atoms with Crippen molar-refractivity contribution in [3.05, 3.63) is 10.4 Å². The Morgan fingerprint density at radius 3 is 1.55 bits per heavy atom. The molecule has 0 aliphatic heterocycles. The van der Waals surface area contributed by atoms with E-state index in [-0.39, 0.29) is 12.6 Å². The number of hydrogen-bond donors (Lipinski definition) is 1. The van der Waals surface area contributed by atoms with E-state index in [1.807, 2.05) is 0 Å². The zero-order valence-electron chi connectivity index (χ0n) is 14.7.